The molecule has 1 heterocycles. The molecule has 2 N–H and O–H groups in total. The summed E-state index contributed by atoms with van der Waals surface area (Å²) >= 11 is 3.40. The standard InChI is InChI=1S/C15H19BrN2O2/c1-20-14-6-10(16)3-4-11(14)15(19)18-7-9-2-5-13(17)12(9)8-18/h3-4,6,9,12-13H,2,5,7-8,17H2,1H3. The molecule has 0 bridgehead atoms. The number of carbonyl (C=O) groups excluding carboxylic acids is 1. The summed E-state index contributed by atoms with van der Waals surface area (Å²) in [7, 11) is 1.59. The van der Waals surface area contributed by atoms with Crippen LogP contribution in [0.4, 0.5) is 0 Å². The highest BCUT2D eigenvalue weighted by Gasteiger charge is 2.42. The summed E-state index contributed by atoms with van der Waals surface area (Å²) < 4.78 is 6.23. The van der Waals surface area contributed by atoms with Gasteiger partial charge in [0.05, 0.1) is 12.7 Å². The smallest absolute Gasteiger partial charge is 0.257 e. The number of methoxy groups -OCH3 is 1. The molecule has 0 aromatic heterocycles. The average molecular weight is 339 g/mol. The molecule has 3 rings (SSSR count). The molecule has 20 heavy (non-hydrogen) atoms. The Balaban J connectivity index is 1.80. The summed E-state index contributed by atoms with van der Waals surface area (Å²) in [6.45, 7) is 1.61. The number of fused-ring (bicyclic) bond motifs is 1. The Hall–Kier alpha value is -1.07. The number of nitrogens with two attached hydrogens (primary N) is 1. The minimum Gasteiger partial charge on any atom is -0.496 e. The molecule has 2 aliphatic rings. The van der Waals surface area contributed by atoms with Crippen molar-refractivity contribution in [2.24, 2.45) is 17.6 Å². The van der Waals surface area contributed by atoms with E-state index >= 15 is 0 Å². The third kappa shape index (κ3) is 2.33. The van der Waals surface area contributed by atoms with Crippen molar-refractivity contribution < 1.29 is 9.53 Å². The van der Waals surface area contributed by atoms with E-state index in [0.29, 0.717) is 23.1 Å². The third-order valence-corrected chi connectivity index (χ3v) is 5.09. The van der Waals surface area contributed by atoms with Crippen molar-refractivity contribution in [3.05, 3.63) is 28.2 Å². The molecule has 1 aliphatic carbocycles. The minimum atomic E-state index is 0.0518. The molecule has 4 nitrogen and oxygen atoms in total. The number of hydrogen-bond donors (Lipinski definition) is 1. The number of halogens is 1. The summed E-state index contributed by atoms with van der Waals surface area (Å²) in [6.07, 6.45) is 2.24. The van der Waals surface area contributed by atoms with Gasteiger partial charge in [-0.2, -0.15) is 0 Å². The largest absolute Gasteiger partial charge is 0.496 e. The summed E-state index contributed by atoms with van der Waals surface area (Å²) in [6, 6.07) is 5.78. The monoisotopic (exact) mass is 338 g/mol. The first-order valence-corrected chi connectivity index (χ1v) is 7.78. The zero-order chi connectivity index (χ0) is 14.3. The fourth-order valence-electron chi connectivity index (χ4n) is 3.49. The van der Waals surface area contributed by atoms with Gasteiger partial charge in [0.2, 0.25) is 0 Å². The van der Waals surface area contributed by atoms with Crippen LogP contribution < -0.4 is 10.5 Å². The highest BCUT2D eigenvalue weighted by atomic mass is 79.9. The molecule has 1 aliphatic heterocycles. The number of nitrogens with zero attached hydrogens (tertiary/aromatic N) is 1. The van der Waals surface area contributed by atoms with Crippen molar-refractivity contribution >= 4 is 21.8 Å². The zero-order valence-electron chi connectivity index (χ0n) is 11.5. The number of amides is 1. The maximum atomic E-state index is 12.7. The molecule has 3 unspecified atom stereocenters. The molecule has 2 fully saturated rings. The SMILES string of the molecule is COc1cc(Br)ccc1C(=O)N1CC2CCC(N)C2C1. The van der Waals surface area contributed by atoms with Crippen molar-refractivity contribution in [1.82, 2.24) is 4.90 Å². The van der Waals surface area contributed by atoms with E-state index in [1.165, 1.54) is 0 Å². The predicted octanol–water partition coefficient (Wildman–Crippen LogP) is 2.27. The Kier molecular flexibility index (Phi) is 3.73. The van der Waals surface area contributed by atoms with E-state index in [2.05, 4.69) is 15.9 Å². The number of rotatable bonds is 2. The van der Waals surface area contributed by atoms with Crippen LogP contribution >= 0.6 is 15.9 Å². The third-order valence-electron chi connectivity index (χ3n) is 4.59. The van der Waals surface area contributed by atoms with Crippen LogP contribution in [0, 0.1) is 11.8 Å². The molecule has 1 aromatic carbocycles. The first-order valence-electron chi connectivity index (χ1n) is 6.98. The van der Waals surface area contributed by atoms with E-state index in [4.69, 9.17) is 10.5 Å². The normalized spacial score (nSPS) is 28.6. The first-order chi connectivity index (χ1) is 9.60. The van der Waals surface area contributed by atoms with Crippen molar-refractivity contribution in [2.45, 2.75) is 18.9 Å². The number of carbonyl (C=O) groups is 1. The molecule has 0 spiro atoms. The molecular formula is C15H19BrN2O2. The average Bonchev–Trinajstić information content (AvgIpc) is 3.00. The van der Waals surface area contributed by atoms with Gasteiger partial charge in [-0.05, 0) is 42.9 Å². The van der Waals surface area contributed by atoms with Crippen LogP contribution in [-0.2, 0) is 0 Å². The molecule has 1 aromatic rings. The minimum absolute atomic E-state index is 0.0518. The highest BCUT2D eigenvalue weighted by molar-refractivity contribution is 9.10. The van der Waals surface area contributed by atoms with Gasteiger partial charge < -0.3 is 15.4 Å². The van der Waals surface area contributed by atoms with Crippen LogP contribution in [-0.4, -0.2) is 37.0 Å². The van der Waals surface area contributed by atoms with Gasteiger partial charge >= 0.3 is 0 Å². The number of hydrogen-bond acceptors (Lipinski definition) is 3. The fraction of sp³-hybridized carbons (Fsp3) is 0.533. The fourth-order valence-corrected chi connectivity index (χ4v) is 3.83. The lowest BCUT2D eigenvalue weighted by atomic mass is 9.98. The van der Waals surface area contributed by atoms with Gasteiger partial charge in [-0.25, -0.2) is 0 Å². The van der Waals surface area contributed by atoms with Crippen LogP contribution in [0.3, 0.4) is 0 Å². The Morgan fingerprint density at radius 3 is 2.90 bits per heavy atom. The second-order valence-corrected chi connectivity index (χ2v) is 6.64. The predicted molar refractivity (Wildman–Crippen MR) is 80.8 cm³/mol. The van der Waals surface area contributed by atoms with E-state index in [9.17, 15) is 4.79 Å². The lowest BCUT2D eigenvalue weighted by Crippen LogP contribution is -2.33. The van der Waals surface area contributed by atoms with Crippen LogP contribution in [0.2, 0.25) is 0 Å². The molecule has 5 heteroatoms. The first kappa shape index (κ1) is 13.9. The maximum absolute atomic E-state index is 12.7. The second kappa shape index (κ2) is 5.37. The van der Waals surface area contributed by atoms with E-state index in [1.807, 2.05) is 23.1 Å². The number of benzene rings is 1. The van der Waals surface area contributed by atoms with Gasteiger partial charge in [0.15, 0.2) is 0 Å². The van der Waals surface area contributed by atoms with Crippen LogP contribution in [0.25, 0.3) is 0 Å². The lowest BCUT2D eigenvalue weighted by molar-refractivity contribution is 0.0776. The molecule has 3 atom stereocenters. The Morgan fingerprint density at radius 1 is 1.40 bits per heavy atom. The number of likely N-dealkylation sites (tertiary alicyclic amines) is 1. The summed E-state index contributed by atoms with van der Waals surface area (Å²) in [5.41, 5.74) is 6.76. The summed E-state index contributed by atoms with van der Waals surface area (Å²) in [5, 5.41) is 0. The van der Waals surface area contributed by atoms with Crippen molar-refractivity contribution in [3.8, 4) is 5.75 Å². The maximum Gasteiger partial charge on any atom is 0.257 e. The van der Waals surface area contributed by atoms with Crippen molar-refractivity contribution in [2.75, 3.05) is 20.2 Å². The van der Waals surface area contributed by atoms with Gasteiger partial charge in [0.25, 0.3) is 5.91 Å². The summed E-state index contributed by atoms with van der Waals surface area (Å²) in [4.78, 5) is 14.6. The van der Waals surface area contributed by atoms with Gasteiger partial charge in [-0.3, -0.25) is 4.79 Å². The van der Waals surface area contributed by atoms with Crippen molar-refractivity contribution in [1.29, 1.82) is 0 Å². The van der Waals surface area contributed by atoms with Crippen LogP contribution in [0.1, 0.15) is 23.2 Å². The topological polar surface area (TPSA) is 55.6 Å². The molecule has 1 saturated carbocycles. The Morgan fingerprint density at radius 2 is 2.20 bits per heavy atom. The Labute approximate surface area is 127 Å². The molecule has 1 saturated heterocycles. The van der Waals surface area contributed by atoms with Gasteiger partial charge in [0.1, 0.15) is 5.75 Å². The van der Waals surface area contributed by atoms with Gasteiger partial charge in [-0.1, -0.05) is 15.9 Å². The Bertz CT molecular complexity index is 535. The quantitative estimate of drug-likeness (QED) is 0.899. The lowest BCUT2D eigenvalue weighted by Gasteiger charge is -2.20. The van der Waals surface area contributed by atoms with E-state index in [-0.39, 0.29) is 11.9 Å². The summed E-state index contributed by atoms with van der Waals surface area (Å²) in [5.74, 6) is 1.72. The molecule has 108 valence electrons. The number of ether oxygens (including phenoxy) is 1. The van der Waals surface area contributed by atoms with Crippen molar-refractivity contribution in [3.63, 3.8) is 0 Å². The van der Waals surface area contributed by atoms with Gasteiger partial charge in [-0.15, -0.1) is 0 Å². The van der Waals surface area contributed by atoms with Crippen LogP contribution in [0.15, 0.2) is 22.7 Å². The van der Waals surface area contributed by atoms with E-state index < -0.39 is 0 Å². The van der Waals surface area contributed by atoms with Crippen LogP contribution in [0.5, 0.6) is 5.75 Å². The molecule has 0 radical (unpaired) electrons. The van der Waals surface area contributed by atoms with Gasteiger partial charge in [0, 0.05) is 23.6 Å². The van der Waals surface area contributed by atoms with E-state index in [0.717, 1.165) is 30.4 Å². The zero-order valence-corrected chi connectivity index (χ0v) is 13.1. The molecular weight excluding hydrogens is 320 g/mol. The van der Waals surface area contributed by atoms with E-state index in [1.54, 1.807) is 7.11 Å². The second-order valence-electron chi connectivity index (χ2n) is 5.72. The highest BCUT2D eigenvalue weighted by Crippen LogP contribution is 2.38. The molecule has 1 amide bonds.